The van der Waals surface area contributed by atoms with Crippen LogP contribution in [0, 0.1) is 5.41 Å². The molecule has 0 saturated heterocycles. The molecule has 16 heavy (non-hydrogen) atoms. The van der Waals surface area contributed by atoms with E-state index < -0.39 is 0 Å². The normalized spacial score (nSPS) is 23.9. The summed E-state index contributed by atoms with van der Waals surface area (Å²) in [5.41, 5.74) is 6.43. The Kier molecular flexibility index (Phi) is 2.75. The first kappa shape index (κ1) is 11.5. The Hall–Kier alpha value is -0.940. The molecular weight excluding hydrogens is 222 g/mol. The second-order valence-electron chi connectivity index (χ2n) is 5.08. The first-order chi connectivity index (χ1) is 7.40. The minimum atomic E-state index is -0.107. The van der Waals surface area contributed by atoms with Crippen molar-refractivity contribution in [3.8, 4) is 0 Å². The number of aromatic nitrogens is 1. The highest BCUT2D eigenvalue weighted by molar-refractivity contribution is 7.09. The van der Waals surface area contributed by atoms with Crippen molar-refractivity contribution in [2.45, 2.75) is 39.3 Å². The van der Waals surface area contributed by atoms with E-state index in [4.69, 9.17) is 5.73 Å². The van der Waals surface area contributed by atoms with Crippen LogP contribution in [0.25, 0.3) is 0 Å². The van der Waals surface area contributed by atoms with E-state index in [1.54, 1.807) is 5.38 Å². The van der Waals surface area contributed by atoms with Gasteiger partial charge < -0.3 is 11.1 Å². The maximum Gasteiger partial charge on any atom is 0.270 e. The van der Waals surface area contributed by atoms with Gasteiger partial charge in [-0.1, -0.05) is 13.8 Å². The van der Waals surface area contributed by atoms with Crippen LogP contribution in [-0.4, -0.2) is 16.9 Å². The predicted octanol–water partition coefficient (Wildman–Crippen LogP) is 1.69. The molecule has 2 rings (SSSR count). The summed E-state index contributed by atoms with van der Waals surface area (Å²) < 4.78 is 0. The fourth-order valence-electron chi connectivity index (χ4n) is 1.55. The van der Waals surface area contributed by atoms with E-state index in [1.807, 2.05) is 6.92 Å². The third kappa shape index (κ3) is 2.25. The smallest absolute Gasteiger partial charge is 0.270 e. The summed E-state index contributed by atoms with van der Waals surface area (Å²) in [4.78, 5) is 16.0. The molecule has 1 aliphatic rings. The molecule has 2 atom stereocenters. The number of carbonyl (C=O) groups excluding carboxylic acids is 1. The standard InChI is InChI=1S/C11H17N3OS/c1-6(12)10-13-7(5-16-10)9(15)14-8-4-11(8,2)3/h5-6,8H,4,12H2,1-3H3,(H,14,15). The summed E-state index contributed by atoms with van der Waals surface area (Å²) in [6.45, 7) is 6.16. The minimum absolute atomic E-state index is 0.0845. The van der Waals surface area contributed by atoms with Crippen LogP contribution in [0.5, 0.6) is 0 Å². The van der Waals surface area contributed by atoms with Crippen LogP contribution >= 0.6 is 11.3 Å². The van der Waals surface area contributed by atoms with E-state index in [1.165, 1.54) is 11.3 Å². The number of hydrogen-bond acceptors (Lipinski definition) is 4. The van der Waals surface area contributed by atoms with Gasteiger partial charge >= 0.3 is 0 Å². The summed E-state index contributed by atoms with van der Waals surface area (Å²) in [6, 6.07) is 0.185. The molecule has 0 aromatic carbocycles. The molecule has 1 saturated carbocycles. The van der Waals surface area contributed by atoms with Crippen molar-refractivity contribution in [3.05, 3.63) is 16.1 Å². The molecule has 1 aromatic rings. The number of hydrogen-bond donors (Lipinski definition) is 2. The Labute approximate surface area is 99.3 Å². The maximum absolute atomic E-state index is 11.8. The lowest BCUT2D eigenvalue weighted by molar-refractivity contribution is 0.0942. The van der Waals surface area contributed by atoms with Crippen LogP contribution in [0.2, 0.25) is 0 Å². The summed E-state index contributed by atoms with van der Waals surface area (Å²) in [5, 5.41) is 5.55. The molecule has 0 radical (unpaired) electrons. The van der Waals surface area contributed by atoms with E-state index in [0.717, 1.165) is 11.4 Å². The van der Waals surface area contributed by atoms with Crippen LogP contribution in [0.3, 0.4) is 0 Å². The van der Waals surface area contributed by atoms with Crippen molar-refractivity contribution in [2.75, 3.05) is 0 Å². The molecule has 1 aromatic heterocycles. The zero-order chi connectivity index (χ0) is 11.9. The van der Waals surface area contributed by atoms with Gasteiger partial charge in [-0.25, -0.2) is 4.98 Å². The number of carbonyl (C=O) groups is 1. The molecule has 1 fully saturated rings. The molecule has 1 heterocycles. The molecule has 0 spiro atoms. The molecule has 4 nitrogen and oxygen atoms in total. The Morgan fingerprint density at radius 2 is 2.38 bits per heavy atom. The van der Waals surface area contributed by atoms with Crippen molar-refractivity contribution in [2.24, 2.45) is 11.1 Å². The van der Waals surface area contributed by atoms with Gasteiger partial charge in [0.2, 0.25) is 0 Å². The van der Waals surface area contributed by atoms with Gasteiger partial charge in [-0.2, -0.15) is 0 Å². The summed E-state index contributed by atoms with van der Waals surface area (Å²) in [7, 11) is 0. The molecule has 3 N–H and O–H groups in total. The van der Waals surface area contributed by atoms with Crippen LogP contribution in [-0.2, 0) is 0 Å². The van der Waals surface area contributed by atoms with Gasteiger partial charge in [-0.15, -0.1) is 11.3 Å². The third-order valence-electron chi connectivity index (χ3n) is 2.96. The topological polar surface area (TPSA) is 68.0 Å². The van der Waals surface area contributed by atoms with Crippen LogP contribution in [0.15, 0.2) is 5.38 Å². The van der Waals surface area contributed by atoms with Gasteiger partial charge in [0.05, 0.1) is 6.04 Å². The van der Waals surface area contributed by atoms with Gasteiger partial charge in [0.1, 0.15) is 10.7 Å². The Bertz CT molecular complexity index is 411. The zero-order valence-corrected chi connectivity index (χ0v) is 10.6. The van der Waals surface area contributed by atoms with Gasteiger partial charge in [-0.3, -0.25) is 4.79 Å². The molecular formula is C11H17N3OS. The highest BCUT2D eigenvalue weighted by atomic mass is 32.1. The average molecular weight is 239 g/mol. The molecule has 2 unspecified atom stereocenters. The molecule has 5 heteroatoms. The van der Waals surface area contributed by atoms with Crippen molar-refractivity contribution in [3.63, 3.8) is 0 Å². The molecule has 0 aliphatic heterocycles. The summed E-state index contributed by atoms with van der Waals surface area (Å²) >= 11 is 1.44. The van der Waals surface area contributed by atoms with Crippen LogP contribution in [0.1, 0.15) is 48.7 Å². The number of thiazole rings is 1. The number of amides is 1. The second kappa shape index (κ2) is 3.82. The summed E-state index contributed by atoms with van der Waals surface area (Å²) in [6.07, 6.45) is 1.04. The second-order valence-corrected chi connectivity index (χ2v) is 5.97. The van der Waals surface area contributed by atoms with E-state index in [9.17, 15) is 4.79 Å². The van der Waals surface area contributed by atoms with Gasteiger partial charge in [0.25, 0.3) is 5.91 Å². The number of nitrogens with zero attached hydrogens (tertiary/aromatic N) is 1. The van der Waals surface area contributed by atoms with Gasteiger partial charge in [0, 0.05) is 11.4 Å². The minimum Gasteiger partial charge on any atom is -0.347 e. The van der Waals surface area contributed by atoms with Gasteiger partial charge in [0.15, 0.2) is 0 Å². The lowest BCUT2D eigenvalue weighted by atomic mass is 10.2. The van der Waals surface area contributed by atoms with Gasteiger partial charge in [-0.05, 0) is 18.8 Å². The van der Waals surface area contributed by atoms with Crippen LogP contribution < -0.4 is 11.1 Å². The Morgan fingerprint density at radius 1 is 1.75 bits per heavy atom. The zero-order valence-electron chi connectivity index (χ0n) is 9.78. The lowest BCUT2D eigenvalue weighted by Gasteiger charge is -2.04. The van der Waals surface area contributed by atoms with Crippen molar-refractivity contribution < 1.29 is 4.79 Å². The monoisotopic (exact) mass is 239 g/mol. The quantitative estimate of drug-likeness (QED) is 0.843. The van der Waals surface area contributed by atoms with E-state index in [2.05, 4.69) is 24.1 Å². The SMILES string of the molecule is CC(N)c1nc(C(=O)NC2CC2(C)C)cs1. The fourth-order valence-corrected chi connectivity index (χ4v) is 2.30. The van der Waals surface area contributed by atoms with Crippen molar-refractivity contribution in [1.82, 2.24) is 10.3 Å². The molecule has 88 valence electrons. The largest absolute Gasteiger partial charge is 0.347 e. The number of nitrogens with two attached hydrogens (primary N) is 1. The summed E-state index contributed by atoms with van der Waals surface area (Å²) in [5.74, 6) is -0.0845. The first-order valence-corrected chi connectivity index (χ1v) is 6.30. The molecule has 1 aliphatic carbocycles. The average Bonchev–Trinajstić information content (AvgIpc) is 2.68. The highest BCUT2D eigenvalue weighted by Gasteiger charge is 2.46. The van der Waals surface area contributed by atoms with Crippen molar-refractivity contribution >= 4 is 17.2 Å². The fraction of sp³-hybridized carbons (Fsp3) is 0.636. The molecule has 1 amide bonds. The highest BCUT2D eigenvalue weighted by Crippen LogP contribution is 2.44. The molecule has 0 bridgehead atoms. The Balaban J connectivity index is 1.99. The number of rotatable bonds is 3. The van der Waals surface area contributed by atoms with Crippen LogP contribution in [0.4, 0.5) is 0 Å². The van der Waals surface area contributed by atoms with E-state index in [0.29, 0.717) is 11.7 Å². The third-order valence-corrected chi connectivity index (χ3v) is 4.01. The number of nitrogens with one attached hydrogen (secondary N) is 1. The van der Waals surface area contributed by atoms with E-state index in [-0.39, 0.29) is 17.4 Å². The Morgan fingerprint density at radius 3 is 2.81 bits per heavy atom. The van der Waals surface area contributed by atoms with Crippen molar-refractivity contribution in [1.29, 1.82) is 0 Å². The maximum atomic E-state index is 11.8. The lowest BCUT2D eigenvalue weighted by Crippen LogP contribution is -2.28. The van der Waals surface area contributed by atoms with E-state index >= 15 is 0 Å². The first-order valence-electron chi connectivity index (χ1n) is 5.42. The predicted molar refractivity (Wildman–Crippen MR) is 64.4 cm³/mol.